The van der Waals surface area contributed by atoms with Gasteiger partial charge in [-0.15, -0.1) is 0 Å². The minimum absolute atomic E-state index is 0.344. The quantitative estimate of drug-likeness (QED) is 0.548. The highest BCUT2D eigenvalue weighted by molar-refractivity contribution is 6.27. The molecule has 0 radical (unpaired) electrons. The van der Waals surface area contributed by atoms with Crippen LogP contribution in [0.25, 0.3) is 10.9 Å². The van der Waals surface area contributed by atoms with Crippen LogP contribution in [0.4, 0.5) is 0 Å². The summed E-state index contributed by atoms with van der Waals surface area (Å²) in [5.74, 6) is -3.65. The number of aryl methyl sites for hydroxylation is 2. The first-order chi connectivity index (χ1) is 9.88. The van der Waals surface area contributed by atoms with Gasteiger partial charge in [-0.2, -0.15) is 0 Å². The molecular weight excluding hydrogens is 272 g/mol. The normalized spacial score (nSPS) is 16.8. The molecule has 1 aliphatic rings. The Kier molecular flexibility index (Phi) is 4.28. The van der Waals surface area contributed by atoms with Gasteiger partial charge in [-0.25, -0.2) is 9.59 Å². The van der Waals surface area contributed by atoms with Crippen molar-refractivity contribution < 1.29 is 19.8 Å². The number of nitrogens with two attached hydrogens (primary N) is 1. The summed E-state index contributed by atoms with van der Waals surface area (Å²) in [6.45, 7) is 2.14. The Bertz CT molecular complexity index is 678. The van der Waals surface area contributed by atoms with E-state index in [1.54, 1.807) is 0 Å². The van der Waals surface area contributed by atoms with E-state index in [-0.39, 0.29) is 0 Å². The van der Waals surface area contributed by atoms with Gasteiger partial charge in [0.1, 0.15) is 0 Å². The topological polar surface area (TPSA) is 116 Å². The molecule has 112 valence electrons. The predicted octanol–water partition coefficient (Wildman–Crippen LogP) is 1.45. The van der Waals surface area contributed by atoms with E-state index in [0.29, 0.717) is 6.04 Å². The Morgan fingerprint density at radius 3 is 2.57 bits per heavy atom. The van der Waals surface area contributed by atoms with Gasteiger partial charge in [0, 0.05) is 22.6 Å². The largest absolute Gasteiger partial charge is 0.473 e. The lowest BCUT2D eigenvalue weighted by Crippen LogP contribution is -2.27. The molecule has 3 rings (SSSR count). The Balaban J connectivity index is 0.000000232. The molecule has 1 atom stereocenters. The zero-order chi connectivity index (χ0) is 15.6. The molecule has 0 aliphatic heterocycles. The van der Waals surface area contributed by atoms with E-state index in [9.17, 15) is 0 Å². The average molecular weight is 290 g/mol. The maximum atomic E-state index is 9.10. The number of benzene rings is 1. The number of aromatic amines is 1. The SMILES string of the molecule is Cc1ccc2[nH]c3c(c2c1)CC(N)CC3.O=C(O)C(=O)O. The van der Waals surface area contributed by atoms with Gasteiger partial charge in [-0.05, 0) is 43.9 Å². The first-order valence-corrected chi connectivity index (χ1v) is 6.70. The van der Waals surface area contributed by atoms with Crippen LogP contribution in [0, 0.1) is 6.92 Å². The molecule has 1 aromatic carbocycles. The van der Waals surface area contributed by atoms with Crippen molar-refractivity contribution in [2.24, 2.45) is 5.73 Å². The van der Waals surface area contributed by atoms with Crippen LogP contribution in [0.3, 0.4) is 0 Å². The average Bonchev–Trinajstić information content (AvgIpc) is 2.77. The number of carboxylic acids is 2. The summed E-state index contributed by atoms with van der Waals surface area (Å²) in [5, 5.41) is 16.2. The molecule has 0 saturated heterocycles. The highest BCUT2D eigenvalue weighted by atomic mass is 16.4. The molecule has 1 unspecified atom stereocenters. The number of hydrogen-bond donors (Lipinski definition) is 4. The number of rotatable bonds is 0. The molecule has 0 spiro atoms. The lowest BCUT2D eigenvalue weighted by Gasteiger charge is -2.18. The van der Waals surface area contributed by atoms with Crippen LogP contribution in [0.5, 0.6) is 0 Å². The van der Waals surface area contributed by atoms with Crippen LogP contribution in [-0.4, -0.2) is 33.2 Å². The van der Waals surface area contributed by atoms with Crippen LogP contribution in [0.2, 0.25) is 0 Å². The number of hydrogen-bond acceptors (Lipinski definition) is 3. The molecule has 21 heavy (non-hydrogen) atoms. The van der Waals surface area contributed by atoms with Crippen molar-refractivity contribution in [3.63, 3.8) is 0 Å². The summed E-state index contributed by atoms with van der Waals surface area (Å²) in [5.41, 5.74) is 11.5. The monoisotopic (exact) mass is 290 g/mol. The lowest BCUT2D eigenvalue weighted by atomic mass is 9.92. The standard InChI is InChI=1S/C13H16N2.C2H2O4/c1-8-2-4-12-10(6-8)11-7-9(14)3-5-13(11)15-12;3-1(4)2(5)6/h2,4,6,9,15H,3,5,7,14H2,1H3;(H,3,4)(H,5,6). The number of fused-ring (bicyclic) bond motifs is 3. The van der Waals surface area contributed by atoms with Crippen molar-refractivity contribution in [3.8, 4) is 0 Å². The summed E-state index contributed by atoms with van der Waals surface area (Å²) in [4.78, 5) is 21.7. The number of aliphatic carboxylic acids is 2. The fourth-order valence-corrected chi connectivity index (χ4v) is 2.56. The summed E-state index contributed by atoms with van der Waals surface area (Å²) >= 11 is 0. The fraction of sp³-hybridized carbons (Fsp3) is 0.333. The van der Waals surface area contributed by atoms with E-state index in [1.807, 2.05) is 0 Å². The van der Waals surface area contributed by atoms with E-state index >= 15 is 0 Å². The number of nitrogens with one attached hydrogen (secondary N) is 1. The van der Waals surface area contributed by atoms with Crippen LogP contribution in [0.1, 0.15) is 23.2 Å². The van der Waals surface area contributed by atoms with Crippen molar-refractivity contribution in [1.82, 2.24) is 4.98 Å². The molecule has 0 fully saturated rings. The molecule has 2 aromatic rings. The van der Waals surface area contributed by atoms with Crippen molar-refractivity contribution >= 4 is 22.8 Å². The molecular formula is C15H18N2O4. The van der Waals surface area contributed by atoms with Gasteiger partial charge in [0.05, 0.1) is 0 Å². The Morgan fingerprint density at radius 2 is 1.95 bits per heavy atom. The smallest absolute Gasteiger partial charge is 0.414 e. The Morgan fingerprint density at radius 1 is 1.29 bits per heavy atom. The number of carbonyl (C=O) groups is 2. The van der Waals surface area contributed by atoms with Crippen LogP contribution in [-0.2, 0) is 22.4 Å². The van der Waals surface area contributed by atoms with E-state index in [2.05, 4.69) is 30.1 Å². The molecule has 0 bridgehead atoms. The predicted molar refractivity (Wildman–Crippen MR) is 78.3 cm³/mol. The van der Waals surface area contributed by atoms with Gasteiger partial charge >= 0.3 is 11.9 Å². The molecule has 1 heterocycles. The third kappa shape index (κ3) is 3.41. The fourth-order valence-electron chi connectivity index (χ4n) is 2.56. The maximum absolute atomic E-state index is 9.10. The van der Waals surface area contributed by atoms with E-state index in [4.69, 9.17) is 25.5 Å². The summed E-state index contributed by atoms with van der Waals surface area (Å²) in [6.07, 6.45) is 3.24. The summed E-state index contributed by atoms with van der Waals surface area (Å²) in [7, 11) is 0. The molecule has 6 nitrogen and oxygen atoms in total. The maximum Gasteiger partial charge on any atom is 0.414 e. The van der Waals surface area contributed by atoms with Gasteiger partial charge in [-0.3, -0.25) is 0 Å². The third-order valence-electron chi connectivity index (χ3n) is 3.56. The molecule has 0 saturated carbocycles. The lowest BCUT2D eigenvalue weighted by molar-refractivity contribution is -0.159. The van der Waals surface area contributed by atoms with Crippen molar-refractivity contribution in [2.75, 3.05) is 0 Å². The highest BCUT2D eigenvalue weighted by Crippen LogP contribution is 2.29. The van der Waals surface area contributed by atoms with Crippen LogP contribution < -0.4 is 5.73 Å². The van der Waals surface area contributed by atoms with Crippen LogP contribution >= 0.6 is 0 Å². The van der Waals surface area contributed by atoms with Crippen LogP contribution in [0.15, 0.2) is 18.2 Å². The van der Waals surface area contributed by atoms with Crippen molar-refractivity contribution in [2.45, 2.75) is 32.2 Å². The molecule has 1 aromatic heterocycles. The van der Waals surface area contributed by atoms with Crippen molar-refractivity contribution in [1.29, 1.82) is 0 Å². The van der Waals surface area contributed by atoms with Gasteiger partial charge < -0.3 is 20.9 Å². The van der Waals surface area contributed by atoms with Gasteiger partial charge in [-0.1, -0.05) is 11.6 Å². The highest BCUT2D eigenvalue weighted by Gasteiger charge is 2.19. The number of aromatic nitrogens is 1. The van der Waals surface area contributed by atoms with E-state index in [0.717, 1.165) is 19.3 Å². The number of carboxylic acid groups (broad SMARTS) is 2. The Hall–Kier alpha value is -2.34. The molecule has 5 N–H and O–H groups in total. The molecule has 1 aliphatic carbocycles. The molecule has 0 amide bonds. The summed E-state index contributed by atoms with van der Waals surface area (Å²) in [6, 6.07) is 6.94. The Labute approximate surface area is 121 Å². The first-order valence-electron chi connectivity index (χ1n) is 6.70. The van der Waals surface area contributed by atoms with E-state index < -0.39 is 11.9 Å². The van der Waals surface area contributed by atoms with Gasteiger partial charge in [0.15, 0.2) is 0 Å². The zero-order valence-corrected chi connectivity index (χ0v) is 11.7. The second-order valence-corrected chi connectivity index (χ2v) is 5.24. The molecule has 6 heteroatoms. The number of H-pyrrole nitrogens is 1. The van der Waals surface area contributed by atoms with Crippen molar-refractivity contribution in [3.05, 3.63) is 35.0 Å². The minimum atomic E-state index is -1.82. The second kappa shape index (κ2) is 5.97. The van der Waals surface area contributed by atoms with E-state index in [1.165, 1.54) is 27.7 Å². The third-order valence-corrected chi connectivity index (χ3v) is 3.56. The minimum Gasteiger partial charge on any atom is -0.473 e. The zero-order valence-electron chi connectivity index (χ0n) is 11.7. The second-order valence-electron chi connectivity index (χ2n) is 5.24. The first kappa shape index (κ1) is 15.1. The summed E-state index contributed by atoms with van der Waals surface area (Å²) < 4.78 is 0. The van der Waals surface area contributed by atoms with Gasteiger partial charge in [0.2, 0.25) is 0 Å². The van der Waals surface area contributed by atoms with Gasteiger partial charge in [0.25, 0.3) is 0 Å².